The molecule has 0 aromatic carbocycles. The van der Waals surface area contributed by atoms with Crippen molar-refractivity contribution < 1.29 is 18.0 Å². The van der Waals surface area contributed by atoms with Crippen LogP contribution in [0.15, 0.2) is 4.79 Å². The van der Waals surface area contributed by atoms with Gasteiger partial charge < -0.3 is 4.90 Å². The minimum Gasteiger partial charge on any atom is -0.343 e. The molecule has 1 amide bonds. The van der Waals surface area contributed by atoms with Crippen molar-refractivity contribution >= 4 is 5.91 Å². The van der Waals surface area contributed by atoms with Gasteiger partial charge in [0.25, 0.3) is 0 Å². The Labute approximate surface area is 130 Å². The third-order valence-corrected chi connectivity index (χ3v) is 4.58. The molecule has 23 heavy (non-hydrogen) atoms. The molecule has 1 aliphatic heterocycles. The number of piperidine rings is 1. The summed E-state index contributed by atoms with van der Waals surface area (Å²) in [6.07, 6.45) is -0.987. The topological polar surface area (TPSA) is 60.1 Å². The lowest BCUT2D eigenvalue weighted by Crippen LogP contribution is -2.41. The second-order valence-corrected chi connectivity index (χ2v) is 6.37. The molecular weight excluding hydrogens is 313 g/mol. The standard InChI is InChI=1S/C14H19F3N4O2/c1-19-12(14(15,16)17)18-21(13(19)23)10-4-6-20(7-5-10)11(22)8-9-2-3-9/h9-10H,2-8H2,1H3. The zero-order valence-corrected chi connectivity index (χ0v) is 12.8. The van der Waals surface area contributed by atoms with Crippen molar-refractivity contribution in [2.45, 2.75) is 44.3 Å². The van der Waals surface area contributed by atoms with Gasteiger partial charge in [-0.2, -0.15) is 13.2 Å². The third kappa shape index (κ3) is 3.28. The fraction of sp³-hybridized carbons (Fsp3) is 0.786. The van der Waals surface area contributed by atoms with E-state index in [0.29, 0.717) is 42.8 Å². The van der Waals surface area contributed by atoms with Crippen LogP contribution in [-0.2, 0) is 18.0 Å². The Morgan fingerprint density at radius 1 is 1.22 bits per heavy atom. The number of halogens is 3. The zero-order chi connectivity index (χ0) is 16.8. The van der Waals surface area contributed by atoms with Gasteiger partial charge in [0.05, 0.1) is 6.04 Å². The highest BCUT2D eigenvalue weighted by Gasteiger charge is 2.39. The molecular formula is C14H19F3N4O2. The van der Waals surface area contributed by atoms with Crippen molar-refractivity contribution in [1.82, 2.24) is 19.2 Å². The lowest BCUT2D eigenvalue weighted by molar-refractivity contribution is -0.147. The van der Waals surface area contributed by atoms with E-state index >= 15 is 0 Å². The quantitative estimate of drug-likeness (QED) is 0.844. The summed E-state index contributed by atoms with van der Waals surface area (Å²) in [6, 6.07) is -0.394. The Balaban J connectivity index is 1.68. The number of hydrogen-bond acceptors (Lipinski definition) is 3. The van der Waals surface area contributed by atoms with Gasteiger partial charge >= 0.3 is 11.9 Å². The number of aromatic nitrogens is 3. The molecule has 1 saturated heterocycles. The van der Waals surface area contributed by atoms with Crippen LogP contribution in [0.3, 0.4) is 0 Å². The van der Waals surface area contributed by atoms with E-state index in [9.17, 15) is 22.8 Å². The molecule has 2 aliphatic rings. The van der Waals surface area contributed by atoms with Crippen molar-refractivity contribution in [2.75, 3.05) is 13.1 Å². The number of nitrogens with zero attached hydrogens (tertiary/aromatic N) is 4. The van der Waals surface area contributed by atoms with Crippen LogP contribution in [-0.4, -0.2) is 38.2 Å². The molecule has 1 aliphatic carbocycles. The number of rotatable bonds is 3. The third-order valence-electron chi connectivity index (χ3n) is 4.58. The van der Waals surface area contributed by atoms with Crippen LogP contribution in [0.25, 0.3) is 0 Å². The van der Waals surface area contributed by atoms with Crippen LogP contribution in [0.1, 0.15) is 44.0 Å². The average Bonchev–Trinajstić information content (AvgIpc) is 3.24. The average molecular weight is 332 g/mol. The Morgan fingerprint density at radius 2 is 1.83 bits per heavy atom. The number of carbonyl (C=O) groups is 1. The summed E-state index contributed by atoms with van der Waals surface area (Å²) >= 11 is 0. The number of likely N-dealkylation sites (tertiary alicyclic amines) is 1. The van der Waals surface area contributed by atoms with Gasteiger partial charge in [-0.05, 0) is 31.6 Å². The van der Waals surface area contributed by atoms with Crippen LogP contribution < -0.4 is 5.69 Å². The molecule has 1 saturated carbocycles. The molecule has 6 nitrogen and oxygen atoms in total. The molecule has 0 bridgehead atoms. The molecule has 1 aromatic heterocycles. The molecule has 2 fully saturated rings. The van der Waals surface area contributed by atoms with Gasteiger partial charge in [0.1, 0.15) is 0 Å². The molecule has 0 N–H and O–H groups in total. The smallest absolute Gasteiger partial charge is 0.343 e. The van der Waals surface area contributed by atoms with Crippen LogP contribution >= 0.6 is 0 Å². The Bertz CT molecular complexity index is 652. The highest BCUT2D eigenvalue weighted by Crippen LogP contribution is 2.33. The minimum absolute atomic E-state index is 0.107. The number of carbonyl (C=O) groups excluding carboxylic acids is 1. The summed E-state index contributed by atoms with van der Waals surface area (Å²) in [5.74, 6) is -0.571. The molecule has 0 atom stereocenters. The fourth-order valence-electron chi connectivity index (χ4n) is 3.00. The van der Waals surface area contributed by atoms with E-state index in [1.165, 1.54) is 0 Å². The van der Waals surface area contributed by atoms with Crippen LogP contribution in [0.4, 0.5) is 13.2 Å². The normalized spacial score (nSPS) is 20.1. The predicted octanol–water partition coefficient (Wildman–Crippen LogP) is 1.56. The van der Waals surface area contributed by atoms with E-state index in [-0.39, 0.29) is 5.91 Å². The van der Waals surface area contributed by atoms with Gasteiger partial charge in [0.2, 0.25) is 11.7 Å². The van der Waals surface area contributed by atoms with Crippen LogP contribution in [0.2, 0.25) is 0 Å². The predicted molar refractivity (Wildman–Crippen MR) is 74.7 cm³/mol. The number of hydrogen-bond donors (Lipinski definition) is 0. The molecule has 0 spiro atoms. The number of amides is 1. The van der Waals surface area contributed by atoms with E-state index < -0.39 is 23.7 Å². The highest BCUT2D eigenvalue weighted by molar-refractivity contribution is 5.76. The SMILES string of the molecule is Cn1c(C(F)(F)F)nn(C2CCN(C(=O)CC3CC3)CC2)c1=O. The van der Waals surface area contributed by atoms with Gasteiger partial charge in [0, 0.05) is 26.6 Å². The first-order valence-corrected chi connectivity index (χ1v) is 7.78. The molecule has 2 heterocycles. The molecule has 9 heteroatoms. The van der Waals surface area contributed by atoms with Gasteiger partial charge in [-0.15, -0.1) is 5.10 Å². The summed E-state index contributed by atoms with van der Waals surface area (Å²) in [5, 5.41) is 3.47. The second kappa shape index (κ2) is 5.68. The molecule has 128 valence electrons. The summed E-state index contributed by atoms with van der Waals surface area (Å²) in [7, 11) is 1.07. The fourth-order valence-corrected chi connectivity index (χ4v) is 3.00. The minimum atomic E-state index is -4.65. The van der Waals surface area contributed by atoms with Crippen molar-refractivity contribution in [3.05, 3.63) is 16.3 Å². The molecule has 1 aromatic rings. The van der Waals surface area contributed by atoms with Crippen molar-refractivity contribution in [2.24, 2.45) is 13.0 Å². The molecule has 0 radical (unpaired) electrons. The summed E-state index contributed by atoms with van der Waals surface area (Å²) in [5.41, 5.74) is -0.764. The summed E-state index contributed by atoms with van der Waals surface area (Å²) < 4.78 is 39.9. The Hall–Kier alpha value is -1.80. The maximum Gasteiger partial charge on any atom is 0.451 e. The maximum atomic E-state index is 12.8. The maximum absolute atomic E-state index is 12.8. The Morgan fingerprint density at radius 3 is 2.30 bits per heavy atom. The van der Waals surface area contributed by atoms with Gasteiger partial charge in [-0.1, -0.05) is 0 Å². The molecule has 0 unspecified atom stereocenters. The van der Waals surface area contributed by atoms with E-state index in [4.69, 9.17) is 0 Å². The van der Waals surface area contributed by atoms with Gasteiger partial charge in [-0.3, -0.25) is 9.36 Å². The first-order chi connectivity index (χ1) is 10.8. The van der Waals surface area contributed by atoms with E-state index in [2.05, 4.69) is 5.10 Å². The van der Waals surface area contributed by atoms with Crippen molar-refractivity contribution in [3.8, 4) is 0 Å². The largest absolute Gasteiger partial charge is 0.451 e. The summed E-state index contributed by atoms with van der Waals surface area (Å²) in [6.45, 7) is 0.918. The van der Waals surface area contributed by atoms with Crippen LogP contribution in [0, 0.1) is 5.92 Å². The summed E-state index contributed by atoms with van der Waals surface area (Å²) in [4.78, 5) is 25.8. The van der Waals surface area contributed by atoms with Crippen LogP contribution in [0.5, 0.6) is 0 Å². The lowest BCUT2D eigenvalue weighted by Gasteiger charge is -2.31. The van der Waals surface area contributed by atoms with Crippen molar-refractivity contribution in [1.29, 1.82) is 0 Å². The lowest BCUT2D eigenvalue weighted by atomic mass is 10.0. The first kappa shape index (κ1) is 16.1. The van der Waals surface area contributed by atoms with Gasteiger partial charge in [-0.25, -0.2) is 9.48 Å². The first-order valence-electron chi connectivity index (χ1n) is 7.78. The van der Waals surface area contributed by atoms with E-state index in [1.807, 2.05) is 0 Å². The zero-order valence-electron chi connectivity index (χ0n) is 12.8. The van der Waals surface area contributed by atoms with Gasteiger partial charge in [0.15, 0.2) is 0 Å². The molecule has 3 rings (SSSR count). The highest BCUT2D eigenvalue weighted by atomic mass is 19.4. The second-order valence-electron chi connectivity index (χ2n) is 6.37. The van der Waals surface area contributed by atoms with Crippen molar-refractivity contribution in [3.63, 3.8) is 0 Å². The monoisotopic (exact) mass is 332 g/mol. The van der Waals surface area contributed by atoms with E-state index in [0.717, 1.165) is 24.6 Å². The Kier molecular flexibility index (Phi) is 3.97. The van der Waals surface area contributed by atoms with E-state index in [1.54, 1.807) is 4.90 Å². The number of alkyl halides is 3.